The first kappa shape index (κ1) is 26.5. The predicted octanol–water partition coefficient (Wildman–Crippen LogP) is -1.34. The Balaban J connectivity index is 0. The predicted molar refractivity (Wildman–Crippen MR) is 91.0 cm³/mol. The molecule has 0 unspecified atom stereocenters. The lowest BCUT2D eigenvalue weighted by molar-refractivity contribution is -0.140. The summed E-state index contributed by atoms with van der Waals surface area (Å²) in [5.74, 6) is -1.53. The Morgan fingerprint density at radius 3 is 1.48 bits per heavy atom. The number of hydrogen-bond donors (Lipinski definition) is 3. The number of esters is 2. The van der Waals surface area contributed by atoms with Crippen LogP contribution >= 0.6 is 0 Å². The molecule has 0 aliphatic rings. The fourth-order valence-electron chi connectivity index (χ4n) is 1.19. The van der Waals surface area contributed by atoms with E-state index in [2.05, 4.69) is 19.5 Å². The van der Waals surface area contributed by atoms with Gasteiger partial charge in [0, 0.05) is 17.6 Å². The molecule has 0 atom stereocenters. The first-order valence-electron chi connectivity index (χ1n) is 7.86. The van der Waals surface area contributed by atoms with Gasteiger partial charge in [0.2, 0.25) is 12.2 Å². The lowest BCUT2D eigenvalue weighted by Gasteiger charge is -2.24. The zero-order valence-corrected chi connectivity index (χ0v) is 15.0. The highest BCUT2D eigenvalue weighted by molar-refractivity contribution is 5.91. The molecule has 0 saturated heterocycles. The summed E-state index contributed by atoms with van der Waals surface area (Å²) < 4.78 is 9.12. The number of carbonyl (C=O) groups excluding carboxylic acids is 4. The van der Waals surface area contributed by atoms with Gasteiger partial charge in [-0.25, -0.2) is 29.2 Å². The highest BCUT2D eigenvalue weighted by Crippen LogP contribution is 2.18. The Labute approximate surface area is 156 Å². The topological polar surface area (TPSA) is 172 Å². The molecule has 152 valence electrons. The van der Waals surface area contributed by atoms with Gasteiger partial charge in [-0.3, -0.25) is 0 Å². The number of aliphatic hydroxyl groups excluding tert-OH is 3. The van der Waals surface area contributed by atoms with Crippen molar-refractivity contribution in [3.63, 3.8) is 0 Å². The lowest BCUT2D eigenvalue weighted by atomic mass is 9.88. The zero-order valence-electron chi connectivity index (χ0n) is 15.0. The highest BCUT2D eigenvalue weighted by atomic mass is 16.5. The molecule has 0 radical (unpaired) electrons. The van der Waals surface area contributed by atoms with Crippen LogP contribution in [-0.4, -0.2) is 85.5 Å². The fourth-order valence-corrected chi connectivity index (χ4v) is 1.19. The van der Waals surface area contributed by atoms with Crippen LogP contribution in [0.25, 0.3) is 0 Å². The third-order valence-corrected chi connectivity index (χ3v) is 3.14. The van der Waals surface area contributed by atoms with Crippen LogP contribution in [-0.2, 0) is 28.7 Å². The molecule has 11 nitrogen and oxygen atoms in total. The summed E-state index contributed by atoms with van der Waals surface area (Å²) in [5, 5.41) is 26.0. The van der Waals surface area contributed by atoms with Gasteiger partial charge in [0.15, 0.2) is 0 Å². The number of rotatable bonds is 12. The Bertz CT molecular complexity index is 491. The largest absolute Gasteiger partial charge is 0.461 e. The zero-order chi connectivity index (χ0) is 21.0. The number of hydrogen-bond acceptors (Lipinski definition) is 11. The molecule has 0 aromatic carbocycles. The van der Waals surface area contributed by atoms with Crippen molar-refractivity contribution in [2.75, 3.05) is 46.1 Å². The quantitative estimate of drug-likeness (QED) is 0.120. The molecule has 0 fully saturated rings. The first-order valence-corrected chi connectivity index (χ1v) is 7.86. The number of aliphatic imine (C=N–C) groups is 2. The van der Waals surface area contributed by atoms with Gasteiger partial charge in [-0.15, -0.1) is 0 Å². The summed E-state index contributed by atoms with van der Waals surface area (Å²) in [7, 11) is 0. The molecule has 0 heterocycles. The molecule has 0 amide bonds. The second-order valence-corrected chi connectivity index (χ2v) is 4.94. The molecule has 0 aliphatic heterocycles. The molecule has 11 heteroatoms. The summed E-state index contributed by atoms with van der Waals surface area (Å²) in [6.07, 6.45) is 4.90. The van der Waals surface area contributed by atoms with E-state index >= 15 is 0 Å². The Morgan fingerprint density at radius 2 is 1.26 bits per heavy atom. The van der Waals surface area contributed by atoms with Crippen molar-refractivity contribution in [1.29, 1.82) is 0 Å². The van der Waals surface area contributed by atoms with Gasteiger partial charge in [-0.2, -0.15) is 0 Å². The smallest absolute Gasteiger partial charge is 0.331 e. The molecule has 0 aliphatic carbocycles. The van der Waals surface area contributed by atoms with Gasteiger partial charge in [-0.1, -0.05) is 6.92 Å². The van der Waals surface area contributed by atoms with Gasteiger partial charge >= 0.3 is 11.9 Å². The van der Waals surface area contributed by atoms with Gasteiger partial charge in [0.1, 0.15) is 13.2 Å². The van der Waals surface area contributed by atoms with E-state index in [4.69, 9.17) is 15.3 Å². The maximum absolute atomic E-state index is 11.0. The number of aliphatic hydroxyl groups is 3. The molecule has 27 heavy (non-hydrogen) atoms. The van der Waals surface area contributed by atoms with Crippen LogP contribution in [0.3, 0.4) is 0 Å². The molecular formula is C16H24N2O9. The minimum absolute atomic E-state index is 0.0111. The van der Waals surface area contributed by atoms with Crippen molar-refractivity contribution in [2.45, 2.75) is 13.3 Å². The minimum atomic E-state index is -0.765. The highest BCUT2D eigenvalue weighted by Gasteiger charge is 2.24. The number of isocyanates is 2. The average molecular weight is 388 g/mol. The second-order valence-electron chi connectivity index (χ2n) is 4.94. The molecule has 0 spiro atoms. The van der Waals surface area contributed by atoms with Crippen molar-refractivity contribution in [3.05, 3.63) is 12.2 Å². The normalized spacial score (nSPS) is 10.1. The van der Waals surface area contributed by atoms with Crippen LogP contribution in [0.5, 0.6) is 0 Å². The molecule has 0 aromatic heterocycles. The van der Waals surface area contributed by atoms with Gasteiger partial charge in [0.05, 0.1) is 32.9 Å². The van der Waals surface area contributed by atoms with Gasteiger partial charge in [-0.05, 0) is 6.42 Å². The van der Waals surface area contributed by atoms with E-state index < -0.39 is 17.4 Å². The summed E-state index contributed by atoms with van der Waals surface area (Å²) in [6, 6.07) is 0. The molecule has 0 rings (SSSR count). The summed E-state index contributed by atoms with van der Waals surface area (Å²) in [5.41, 5.74) is -0.667. The minimum Gasteiger partial charge on any atom is -0.461 e. The molecular weight excluding hydrogens is 364 g/mol. The van der Waals surface area contributed by atoms with E-state index in [0.717, 1.165) is 12.2 Å². The van der Waals surface area contributed by atoms with Gasteiger partial charge < -0.3 is 24.8 Å². The monoisotopic (exact) mass is 388 g/mol. The van der Waals surface area contributed by atoms with Crippen LogP contribution in [0.4, 0.5) is 0 Å². The summed E-state index contributed by atoms with van der Waals surface area (Å²) in [6.45, 7) is 1.21. The molecule has 0 bridgehead atoms. The molecule has 3 N–H and O–H groups in total. The summed E-state index contributed by atoms with van der Waals surface area (Å²) >= 11 is 0. The number of nitrogens with zero attached hydrogens (tertiary/aromatic N) is 2. The van der Waals surface area contributed by atoms with E-state index in [1.807, 2.05) is 6.92 Å². The number of carbonyl (C=O) groups is 2. The van der Waals surface area contributed by atoms with Crippen LogP contribution in [0.15, 0.2) is 22.1 Å². The Morgan fingerprint density at radius 1 is 0.889 bits per heavy atom. The third-order valence-electron chi connectivity index (χ3n) is 3.14. The Hall–Kier alpha value is -2.68. The van der Waals surface area contributed by atoms with E-state index in [1.165, 1.54) is 12.2 Å². The van der Waals surface area contributed by atoms with Gasteiger partial charge in [0.25, 0.3) is 0 Å². The lowest BCUT2D eigenvalue weighted by Crippen LogP contribution is -2.32. The maximum atomic E-state index is 11.0. The van der Waals surface area contributed by atoms with E-state index in [9.17, 15) is 19.2 Å². The first-order chi connectivity index (χ1) is 12.9. The molecule has 0 aromatic rings. The second kappa shape index (κ2) is 18.1. The average Bonchev–Trinajstić information content (AvgIpc) is 2.70. The van der Waals surface area contributed by atoms with E-state index in [-0.39, 0.29) is 46.1 Å². The van der Waals surface area contributed by atoms with Crippen molar-refractivity contribution in [2.24, 2.45) is 15.4 Å². The van der Waals surface area contributed by atoms with E-state index in [0.29, 0.717) is 6.42 Å². The summed E-state index contributed by atoms with van der Waals surface area (Å²) in [4.78, 5) is 47.6. The van der Waals surface area contributed by atoms with Crippen molar-refractivity contribution < 1.29 is 44.0 Å². The van der Waals surface area contributed by atoms with Crippen molar-refractivity contribution in [1.82, 2.24) is 0 Å². The van der Waals surface area contributed by atoms with Crippen LogP contribution in [0.1, 0.15) is 13.3 Å². The van der Waals surface area contributed by atoms with Crippen LogP contribution < -0.4 is 0 Å². The third kappa shape index (κ3) is 15.3. The standard InChI is InChI=1S/C10H10N2O6.C6H14O3/c13-7-11-3-5-17-9(15)1-2-10(16)18-6-4-12-8-14;1-2-6(3-7,4-8)5-9/h1-2H,3-6H2;7-9H,2-5H2,1H3. The van der Waals surface area contributed by atoms with Crippen LogP contribution in [0.2, 0.25) is 0 Å². The SMILES string of the molecule is CCC(CO)(CO)CO.O=C=NCCOC(=O)C=CC(=O)OCCN=C=O. The van der Waals surface area contributed by atoms with E-state index in [1.54, 1.807) is 0 Å². The molecule has 0 saturated carbocycles. The number of ether oxygens (including phenoxy) is 2. The van der Waals surface area contributed by atoms with Crippen molar-refractivity contribution >= 4 is 24.1 Å². The Kier molecular flexibility index (Phi) is 17.8. The van der Waals surface area contributed by atoms with Crippen molar-refractivity contribution in [3.8, 4) is 0 Å². The fraction of sp³-hybridized carbons (Fsp3) is 0.625. The maximum Gasteiger partial charge on any atom is 0.331 e. The van der Waals surface area contributed by atoms with Crippen LogP contribution in [0, 0.1) is 5.41 Å².